The lowest BCUT2D eigenvalue weighted by Crippen LogP contribution is -2.46. The van der Waals surface area contributed by atoms with Gasteiger partial charge in [0.05, 0.1) is 7.11 Å². The molecule has 1 aliphatic heterocycles. The first-order valence-electron chi connectivity index (χ1n) is 10.1. The van der Waals surface area contributed by atoms with Gasteiger partial charge < -0.3 is 9.47 Å². The lowest BCUT2D eigenvalue weighted by Gasteiger charge is -2.42. The lowest BCUT2D eigenvalue weighted by molar-refractivity contribution is 0.121. The first-order valence-corrected chi connectivity index (χ1v) is 10.1. The summed E-state index contributed by atoms with van der Waals surface area (Å²) in [6, 6.07) is 17.2. The SMILES string of the molecule is COc1ccc(COc2ccc(C=C3CCCCC3N3CCC3)cc2)cc1. The fourth-order valence-corrected chi connectivity index (χ4v) is 4.02. The highest BCUT2D eigenvalue weighted by molar-refractivity contribution is 5.55. The first-order chi connectivity index (χ1) is 13.3. The molecule has 0 amide bonds. The van der Waals surface area contributed by atoms with Gasteiger partial charge in [0.2, 0.25) is 0 Å². The molecule has 27 heavy (non-hydrogen) atoms. The van der Waals surface area contributed by atoms with Crippen molar-refractivity contribution in [2.75, 3.05) is 20.2 Å². The maximum Gasteiger partial charge on any atom is 0.119 e. The summed E-state index contributed by atoms with van der Waals surface area (Å²) in [6.07, 6.45) is 9.06. The highest BCUT2D eigenvalue weighted by atomic mass is 16.5. The van der Waals surface area contributed by atoms with Gasteiger partial charge in [-0.25, -0.2) is 0 Å². The molecule has 4 rings (SSSR count). The van der Waals surface area contributed by atoms with Gasteiger partial charge in [-0.1, -0.05) is 42.3 Å². The van der Waals surface area contributed by atoms with Crippen molar-refractivity contribution in [1.82, 2.24) is 4.90 Å². The fraction of sp³-hybridized carbons (Fsp3) is 0.417. The minimum Gasteiger partial charge on any atom is -0.497 e. The van der Waals surface area contributed by atoms with Crippen LogP contribution in [0.25, 0.3) is 6.08 Å². The number of hydrogen-bond donors (Lipinski definition) is 0. The molecule has 3 nitrogen and oxygen atoms in total. The Morgan fingerprint density at radius 3 is 2.33 bits per heavy atom. The quantitative estimate of drug-likeness (QED) is 0.694. The minimum atomic E-state index is 0.571. The molecule has 142 valence electrons. The van der Waals surface area contributed by atoms with E-state index < -0.39 is 0 Å². The molecule has 2 aromatic rings. The van der Waals surface area contributed by atoms with Gasteiger partial charge in [0.25, 0.3) is 0 Å². The van der Waals surface area contributed by atoms with E-state index in [-0.39, 0.29) is 0 Å². The van der Waals surface area contributed by atoms with Crippen molar-refractivity contribution in [3.63, 3.8) is 0 Å². The fourth-order valence-electron chi connectivity index (χ4n) is 4.02. The Labute approximate surface area is 162 Å². The van der Waals surface area contributed by atoms with Crippen molar-refractivity contribution in [3.05, 3.63) is 65.2 Å². The van der Waals surface area contributed by atoms with Gasteiger partial charge >= 0.3 is 0 Å². The Bertz CT molecular complexity index is 760. The highest BCUT2D eigenvalue weighted by Crippen LogP contribution is 2.32. The summed E-state index contributed by atoms with van der Waals surface area (Å²) < 4.78 is 11.1. The molecule has 0 bridgehead atoms. The summed E-state index contributed by atoms with van der Waals surface area (Å²) in [5.41, 5.74) is 4.05. The Kier molecular flexibility index (Phi) is 5.78. The monoisotopic (exact) mass is 363 g/mol. The van der Waals surface area contributed by atoms with Crippen molar-refractivity contribution in [1.29, 1.82) is 0 Å². The molecule has 1 saturated heterocycles. The second kappa shape index (κ2) is 8.62. The molecular formula is C24H29NO2. The van der Waals surface area contributed by atoms with Crippen LogP contribution in [0.5, 0.6) is 11.5 Å². The van der Waals surface area contributed by atoms with Crippen LogP contribution in [0.3, 0.4) is 0 Å². The zero-order chi connectivity index (χ0) is 18.5. The number of benzene rings is 2. The van der Waals surface area contributed by atoms with Crippen LogP contribution in [0.1, 0.15) is 43.2 Å². The van der Waals surface area contributed by atoms with Gasteiger partial charge in [0, 0.05) is 6.04 Å². The Morgan fingerprint density at radius 1 is 0.926 bits per heavy atom. The van der Waals surface area contributed by atoms with Crippen LogP contribution in [0.4, 0.5) is 0 Å². The third-order valence-corrected chi connectivity index (χ3v) is 5.75. The van der Waals surface area contributed by atoms with Crippen LogP contribution in [0, 0.1) is 0 Å². The van der Waals surface area contributed by atoms with Gasteiger partial charge in [-0.15, -0.1) is 0 Å². The third-order valence-electron chi connectivity index (χ3n) is 5.75. The van der Waals surface area contributed by atoms with Crippen molar-refractivity contribution in [2.45, 2.75) is 44.8 Å². The van der Waals surface area contributed by atoms with E-state index in [0.29, 0.717) is 12.6 Å². The predicted molar refractivity (Wildman–Crippen MR) is 110 cm³/mol. The summed E-state index contributed by atoms with van der Waals surface area (Å²) in [4.78, 5) is 2.65. The second-order valence-corrected chi connectivity index (χ2v) is 7.58. The van der Waals surface area contributed by atoms with Crippen molar-refractivity contribution in [2.24, 2.45) is 0 Å². The van der Waals surface area contributed by atoms with Gasteiger partial charge in [-0.3, -0.25) is 4.90 Å². The zero-order valence-corrected chi connectivity index (χ0v) is 16.2. The normalized spacial score (nSPS) is 21.7. The Balaban J connectivity index is 1.37. The first kappa shape index (κ1) is 18.1. The van der Waals surface area contributed by atoms with E-state index in [0.717, 1.165) is 17.1 Å². The number of likely N-dealkylation sites (tertiary alicyclic amines) is 1. The van der Waals surface area contributed by atoms with E-state index >= 15 is 0 Å². The summed E-state index contributed by atoms with van der Waals surface area (Å²) in [5, 5.41) is 0. The van der Waals surface area contributed by atoms with Crippen LogP contribution in [-0.2, 0) is 6.61 Å². The summed E-state index contributed by atoms with van der Waals surface area (Å²) in [6.45, 7) is 3.13. The van der Waals surface area contributed by atoms with E-state index in [4.69, 9.17) is 9.47 Å². The van der Waals surface area contributed by atoms with Crippen molar-refractivity contribution < 1.29 is 9.47 Å². The number of ether oxygens (including phenoxy) is 2. The van der Waals surface area contributed by atoms with E-state index in [9.17, 15) is 0 Å². The molecule has 0 spiro atoms. The molecule has 1 aliphatic carbocycles. The Hall–Kier alpha value is -2.26. The van der Waals surface area contributed by atoms with Gasteiger partial charge in [-0.05, 0) is 74.2 Å². The molecule has 2 fully saturated rings. The molecule has 1 saturated carbocycles. The molecular weight excluding hydrogens is 334 g/mol. The molecule has 2 aromatic carbocycles. The predicted octanol–water partition coefficient (Wildman–Crippen LogP) is 5.31. The van der Waals surface area contributed by atoms with Gasteiger partial charge in [-0.2, -0.15) is 0 Å². The van der Waals surface area contributed by atoms with Crippen LogP contribution >= 0.6 is 0 Å². The number of methoxy groups -OCH3 is 1. The van der Waals surface area contributed by atoms with Crippen LogP contribution < -0.4 is 9.47 Å². The van der Waals surface area contributed by atoms with E-state index in [2.05, 4.69) is 35.2 Å². The molecule has 0 aromatic heterocycles. The molecule has 3 heteroatoms. The number of nitrogens with zero attached hydrogens (tertiary/aromatic N) is 1. The molecule has 1 unspecified atom stereocenters. The largest absolute Gasteiger partial charge is 0.497 e. The van der Waals surface area contributed by atoms with Crippen LogP contribution in [0.15, 0.2) is 54.1 Å². The molecule has 1 heterocycles. The maximum atomic E-state index is 5.93. The number of hydrogen-bond acceptors (Lipinski definition) is 3. The lowest BCUT2D eigenvalue weighted by atomic mass is 9.86. The van der Waals surface area contributed by atoms with E-state index in [1.165, 1.54) is 50.8 Å². The maximum absolute atomic E-state index is 5.93. The summed E-state index contributed by atoms with van der Waals surface area (Å²) in [7, 11) is 1.68. The number of rotatable bonds is 6. The van der Waals surface area contributed by atoms with E-state index in [1.807, 2.05) is 24.3 Å². The topological polar surface area (TPSA) is 21.7 Å². The third kappa shape index (κ3) is 4.54. The van der Waals surface area contributed by atoms with Gasteiger partial charge in [0.15, 0.2) is 0 Å². The summed E-state index contributed by atoms with van der Waals surface area (Å²) in [5.74, 6) is 1.78. The van der Waals surface area contributed by atoms with Crippen molar-refractivity contribution >= 4 is 6.08 Å². The van der Waals surface area contributed by atoms with Crippen LogP contribution in [0.2, 0.25) is 0 Å². The van der Waals surface area contributed by atoms with Crippen LogP contribution in [-0.4, -0.2) is 31.1 Å². The second-order valence-electron chi connectivity index (χ2n) is 7.58. The zero-order valence-electron chi connectivity index (χ0n) is 16.2. The standard InChI is InChI=1S/C24H29NO2/c1-26-22-11-9-20(10-12-22)18-27-23-13-7-19(8-14-23)17-21-5-2-3-6-24(21)25-15-4-16-25/h7-14,17,24H,2-6,15-16,18H2,1H3. The Morgan fingerprint density at radius 2 is 1.67 bits per heavy atom. The van der Waals surface area contributed by atoms with E-state index in [1.54, 1.807) is 12.7 Å². The smallest absolute Gasteiger partial charge is 0.119 e. The van der Waals surface area contributed by atoms with Crippen molar-refractivity contribution in [3.8, 4) is 11.5 Å². The minimum absolute atomic E-state index is 0.571. The molecule has 0 N–H and O–H groups in total. The summed E-state index contributed by atoms with van der Waals surface area (Å²) >= 11 is 0. The average molecular weight is 364 g/mol. The average Bonchev–Trinajstić information content (AvgIpc) is 2.68. The molecule has 0 radical (unpaired) electrons. The highest BCUT2D eigenvalue weighted by Gasteiger charge is 2.28. The van der Waals surface area contributed by atoms with Gasteiger partial charge in [0.1, 0.15) is 18.1 Å². The molecule has 2 aliphatic rings. The molecule has 1 atom stereocenters.